The second kappa shape index (κ2) is 10.0. The molecule has 4 rings (SSSR count). The maximum absolute atomic E-state index is 12.8. The summed E-state index contributed by atoms with van der Waals surface area (Å²) >= 11 is 6.07. The van der Waals surface area contributed by atoms with E-state index in [0.717, 1.165) is 16.7 Å². The number of anilines is 3. The molecule has 33 heavy (non-hydrogen) atoms. The van der Waals surface area contributed by atoms with E-state index in [0.29, 0.717) is 27.6 Å². The smallest absolute Gasteiger partial charge is 0.322 e. The van der Waals surface area contributed by atoms with Crippen LogP contribution in [0.4, 0.5) is 21.9 Å². The fraction of sp³-hybridized carbons (Fsp3) is 0.0370. The molecule has 0 aliphatic heterocycles. The van der Waals surface area contributed by atoms with Crippen LogP contribution in [-0.4, -0.2) is 11.9 Å². The molecule has 0 heterocycles. The minimum atomic E-state index is -0.432. The van der Waals surface area contributed by atoms with Gasteiger partial charge in [0, 0.05) is 27.5 Å². The van der Waals surface area contributed by atoms with Crippen molar-refractivity contribution in [2.75, 3.05) is 16.0 Å². The predicted molar refractivity (Wildman–Crippen MR) is 135 cm³/mol. The Hall–Kier alpha value is -4.09. The van der Waals surface area contributed by atoms with Gasteiger partial charge in [-0.3, -0.25) is 4.79 Å². The third-order valence-corrected chi connectivity index (χ3v) is 5.33. The van der Waals surface area contributed by atoms with Crippen LogP contribution in [0.25, 0.3) is 11.1 Å². The topological polar surface area (TPSA) is 70.2 Å². The van der Waals surface area contributed by atoms with Gasteiger partial charge in [0.1, 0.15) is 0 Å². The Bertz CT molecular complexity index is 1290. The monoisotopic (exact) mass is 455 g/mol. The van der Waals surface area contributed by atoms with Gasteiger partial charge in [-0.2, -0.15) is 0 Å². The zero-order valence-electron chi connectivity index (χ0n) is 17.9. The summed E-state index contributed by atoms with van der Waals surface area (Å²) in [6, 6.07) is 29.0. The van der Waals surface area contributed by atoms with Crippen molar-refractivity contribution in [3.63, 3.8) is 0 Å². The maximum atomic E-state index is 12.8. The number of halogens is 1. The minimum absolute atomic E-state index is 0.269. The van der Waals surface area contributed by atoms with Gasteiger partial charge in [0.2, 0.25) is 0 Å². The quantitative estimate of drug-likeness (QED) is 0.297. The fourth-order valence-electron chi connectivity index (χ4n) is 3.39. The molecule has 4 aromatic rings. The first-order valence-electron chi connectivity index (χ1n) is 10.4. The summed E-state index contributed by atoms with van der Waals surface area (Å²) in [5.74, 6) is -0.269. The SMILES string of the molecule is Cc1ccc(Cl)cc1NC(=O)Nc1cc(C(=O)Nc2ccccc2)ccc1-c1ccccc1. The number of carbonyl (C=O) groups excluding carboxylic acids is 2. The Morgan fingerprint density at radius 1 is 0.697 bits per heavy atom. The number of hydrogen-bond acceptors (Lipinski definition) is 2. The lowest BCUT2D eigenvalue weighted by molar-refractivity contribution is 0.102. The van der Waals surface area contributed by atoms with Crippen LogP contribution in [0.1, 0.15) is 15.9 Å². The molecule has 6 heteroatoms. The molecule has 0 atom stereocenters. The van der Waals surface area contributed by atoms with Crippen LogP contribution >= 0.6 is 11.6 Å². The molecule has 0 radical (unpaired) electrons. The van der Waals surface area contributed by atoms with Crippen molar-refractivity contribution >= 4 is 40.6 Å². The molecule has 5 nitrogen and oxygen atoms in total. The summed E-state index contributed by atoms with van der Waals surface area (Å²) in [6.45, 7) is 1.88. The van der Waals surface area contributed by atoms with Crippen LogP contribution in [0.3, 0.4) is 0 Å². The molecule has 0 bridgehead atoms. The second-order valence-electron chi connectivity index (χ2n) is 7.48. The van der Waals surface area contributed by atoms with E-state index in [1.54, 1.807) is 24.3 Å². The molecule has 3 amide bonds. The Balaban J connectivity index is 1.63. The number of benzene rings is 4. The largest absolute Gasteiger partial charge is 0.323 e. The van der Waals surface area contributed by atoms with E-state index in [1.165, 1.54) is 0 Å². The van der Waals surface area contributed by atoms with Gasteiger partial charge < -0.3 is 16.0 Å². The number of nitrogens with one attached hydrogen (secondary N) is 3. The van der Waals surface area contributed by atoms with E-state index in [-0.39, 0.29) is 5.91 Å². The van der Waals surface area contributed by atoms with Gasteiger partial charge in [-0.05, 0) is 54.4 Å². The lowest BCUT2D eigenvalue weighted by atomic mass is 10.0. The number of rotatable bonds is 5. The fourth-order valence-corrected chi connectivity index (χ4v) is 3.56. The van der Waals surface area contributed by atoms with Gasteiger partial charge in [0.25, 0.3) is 5.91 Å². The van der Waals surface area contributed by atoms with Crippen LogP contribution in [0.2, 0.25) is 5.02 Å². The molecule has 0 aromatic heterocycles. The van der Waals surface area contributed by atoms with Crippen molar-refractivity contribution in [2.24, 2.45) is 0 Å². The first-order chi connectivity index (χ1) is 16.0. The molecule has 4 aromatic carbocycles. The molecule has 164 valence electrons. The first kappa shape index (κ1) is 22.1. The second-order valence-corrected chi connectivity index (χ2v) is 7.92. The van der Waals surface area contributed by atoms with Crippen LogP contribution in [-0.2, 0) is 0 Å². The molecule has 0 saturated carbocycles. The molecule has 0 unspecified atom stereocenters. The lowest BCUT2D eigenvalue weighted by Crippen LogP contribution is -2.21. The number of para-hydroxylation sites is 1. The highest BCUT2D eigenvalue weighted by molar-refractivity contribution is 6.31. The molecular formula is C27H22ClN3O2. The highest BCUT2D eigenvalue weighted by Crippen LogP contribution is 2.30. The van der Waals surface area contributed by atoms with E-state index in [9.17, 15) is 9.59 Å². The Morgan fingerprint density at radius 2 is 1.36 bits per heavy atom. The molecule has 0 saturated heterocycles. The molecular weight excluding hydrogens is 434 g/mol. The van der Waals surface area contributed by atoms with E-state index in [1.807, 2.05) is 79.7 Å². The zero-order chi connectivity index (χ0) is 23.2. The average molecular weight is 456 g/mol. The van der Waals surface area contributed by atoms with Gasteiger partial charge in [-0.25, -0.2) is 4.79 Å². The molecule has 3 N–H and O–H groups in total. The molecule has 0 fully saturated rings. The van der Waals surface area contributed by atoms with Gasteiger partial charge in [-0.15, -0.1) is 0 Å². The number of aryl methyl sites for hydroxylation is 1. The van der Waals surface area contributed by atoms with E-state index in [2.05, 4.69) is 16.0 Å². The average Bonchev–Trinajstić information content (AvgIpc) is 2.82. The summed E-state index contributed by atoms with van der Waals surface area (Å²) in [6.07, 6.45) is 0. The molecule has 0 spiro atoms. The maximum Gasteiger partial charge on any atom is 0.323 e. The minimum Gasteiger partial charge on any atom is -0.322 e. The van der Waals surface area contributed by atoms with Crippen molar-refractivity contribution in [2.45, 2.75) is 6.92 Å². The number of urea groups is 1. The van der Waals surface area contributed by atoms with Crippen LogP contribution in [0, 0.1) is 6.92 Å². The highest BCUT2D eigenvalue weighted by Gasteiger charge is 2.14. The van der Waals surface area contributed by atoms with Crippen molar-refractivity contribution in [1.29, 1.82) is 0 Å². The van der Waals surface area contributed by atoms with Gasteiger partial charge in [0.15, 0.2) is 0 Å². The van der Waals surface area contributed by atoms with Gasteiger partial charge in [-0.1, -0.05) is 72.3 Å². The van der Waals surface area contributed by atoms with Crippen molar-refractivity contribution in [3.05, 3.63) is 113 Å². The molecule has 0 aliphatic rings. The summed E-state index contributed by atoms with van der Waals surface area (Å²) < 4.78 is 0. The van der Waals surface area contributed by atoms with Crippen molar-refractivity contribution < 1.29 is 9.59 Å². The summed E-state index contributed by atoms with van der Waals surface area (Å²) in [4.78, 5) is 25.7. The number of amides is 3. The van der Waals surface area contributed by atoms with E-state index >= 15 is 0 Å². The summed E-state index contributed by atoms with van der Waals surface area (Å²) in [5, 5.41) is 9.12. The summed E-state index contributed by atoms with van der Waals surface area (Å²) in [7, 11) is 0. The standard InChI is InChI=1S/C27H22ClN3O2/c1-18-12-14-21(28)17-24(18)30-27(33)31-25-16-20(26(32)29-22-10-6-3-7-11-22)13-15-23(25)19-8-4-2-5-9-19/h2-17H,1H3,(H,29,32)(H2,30,31,33). The normalized spacial score (nSPS) is 10.4. The predicted octanol–water partition coefficient (Wildman–Crippen LogP) is 7.21. The van der Waals surface area contributed by atoms with Crippen molar-refractivity contribution in [1.82, 2.24) is 0 Å². The third kappa shape index (κ3) is 5.59. The lowest BCUT2D eigenvalue weighted by Gasteiger charge is -2.15. The zero-order valence-corrected chi connectivity index (χ0v) is 18.7. The Labute approximate surface area is 197 Å². The summed E-state index contributed by atoms with van der Waals surface area (Å²) in [5.41, 5.74) is 4.84. The van der Waals surface area contributed by atoms with E-state index < -0.39 is 6.03 Å². The van der Waals surface area contributed by atoms with Crippen molar-refractivity contribution in [3.8, 4) is 11.1 Å². The Kier molecular flexibility index (Phi) is 6.72. The third-order valence-electron chi connectivity index (χ3n) is 5.09. The first-order valence-corrected chi connectivity index (χ1v) is 10.8. The highest BCUT2D eigenvalue weighted by atomic mass is 35.5. The van der Waals surface area contributed by atoms with Crippen LogP contribution in [0.15, 0.2) is 97.1 Å². The van der Waals surface area contributed by atoms with Gasteiger partial charge in [0.05, 0.1) is 5.69 Å². The number of carbonyl (C=O) groups is 2. The van der Waals surface area contributed by atoms with E-state index in [4.69, 9.17) is 11.6 Å². The number of hydrogen-bond donors (Lipinski definition) is 3. The van der Waals surface area contributed by atoms with Gasteiger partial charge >= 0.3 is 6.03 Å². The Morgan fingerprint density at radius 3 is 2.09 bits per heavy atom. The van der Waals surface area contributed by atoms with Crippen LogP contribution < -0.4 is 16.0 Å². The molecule has 0 aliphatic carbocycles. The van der Waals surface area contributed by atoms with Crippen LogP contribution in [0.5, 0.6) is 0 Å².